The van der Waals surface area contributed by atoms with Crippen LogP contribution in [0.5, 0.6) is 5.75 Å². The number of aromatic nitrogens is 2. The van der Waals surface area contributed by atoms with E-state index in [0.29, 0.717) is 0 Å². The van der Waals surface area contributed by atoms with Crippen LogP contribution in [0.1, 0.15) is 28.5 Å². The summed E-state index contributed by atoms with van der Waals surface area (Å²) >= 11 is 0. The monoisotopic (exact) mass is 398 g/mol. The molecule has 2 rings (SSSR count). The number of nitrogens with zero attached hydrogens (tertiary/aromatic N) is 2. The Morgan fingerprint density at radius 1 is 1.25 bits per heavy atom. The first-order valence-electron chi connectivity index (χ1n) is 7.89. The minimum absolute atomic E-state index is 0.0821. The number of ether oxygens (including phenoxy) is 1. The first kappa shape index (κ1) is 20.9. The number of H-pyrrole nitrogens is 1. The van der Waals surface area contributed by atoms with Crippen molar-refractivity contribution in [1.82, 2.24) is 9.97 Å². The molecule has 0 aliphatic rings. The van der Waals surface area contributed by atoms with Crippen LogP contribution in [0.2, 0.25) is 0 Å². The molecule has 2 aromatic rings. The van der Waals surface area contributed by atoms with Crippen molar-refractivity contribution in [2.45, 2.75) is 20.0 Å². The summed E-state index contributed by atoms with van der Waals surface area (Å²) in [5.41, 5.74) is -2.64. The number of carbonyl (C=O) groups is 2. The van der Waals surface area contributed by atoms with E-state index in [2.05, 4.69) is 15.3 Å². The number of anilines is 2. The number of nitrogens with one attached hydrogen (secondary N) is 2. The van der Waals surface area contributed by atoms with Gasteiger partial charge in [0.05, 0.1) is 11.3 Å². The topological polar surface area (TPSA) is 104 Å². The van der Waals surface area contributed by atoms with E-state index >= 15 is 0 Å². The Morgan fingerprint density at radius 3 is 2.43 bits per heavy atom. The first-order valence-corrected chi connectivity index (χ1v) is 7.89. The van der Waals surface area contributed by atoms with E-state index in [-0.39, 0.29) is 28.6 Å². The molecule has 8 nitrogen and oxygen atoms in total. The Morgan fingerprint density at radius 2 is 1.89 bits per heavy atom. The number of benzene rings is 1. The lowest BCUT2D eigenvalue weighted by Crippen LogP contribution is -2.24. The van der Waals surface area contributed by atoms with Gasteiger partial charge in [-0.3, -0.25) is 19.4 Å². The average molecular weight is 398 g/mol. The SMILES string of the molecule is CC(=O)Oc1ccc(C(F)(F)F)c(C)c1NC(=O)c1cc(=O)[nH]c(N(C)C)n1. The molecule has 1 amide bonds. The Hall–Kier alpha value is -3.37. The first-order chi connectivity index (χ1) is 12.9. The zero-order chi connectivity index (χ0) is 21.2. The molecule has 150 valence electrons. The van der Waals surface area contributed by atoms with Crippen molar-refractivity contribution < 1.29 is 27.5 Å². The predicted molar refractivity (Wildman–Crippen MR) is 94.6 cm³/mol. The molecular weight excluding hydrogens is 381 g/mol. The van der Waals surface area contributed by atoms with E-state index in [9.17, 15) is 27.6 Å². The minimum Gasteiger partial charge on any atom is -0.424 e. The molecule has 0 aliphatic carbocycles. The zero-order valence-electron chi connectivity index (χ0n) is 15.4. The maximum Gasteiger partial charge on any atom is 0.416 e. The van der Waals surface area contributed by atoms with Crippen molar-refractivity contribution >= 4 is 23.5 Å². The Labute approximate surface area is 157 Å². The smallest absolute Gasteiger partial charge is 0.416 e. The van der Waals surface area contributed by atoms with Gasteiger partial charge in [0.25, 0.3) is 11.5 Å². The molecule has 0 fully saturated rings. The summed E-state index contributed by atoms with van der Waals surface area (Å²) in [7, 11) is 3.16. The third-order valence-corrected chi connectivity index (χ3v) is 3.61. The summed E-state index contributed by atoms with van der Waals surface area (Å²) in [4.78, 5) is 43.3. The highest BCUT2D eigenvalue weighted by Crippen LogP contribution is 2.39. The van der Waals surface area contributed by atoms with Gasteiger partial charge in [-0.25, -0.2) is 4.98 Å². The molecule has 28 heavy (non-hydrogen) atoms. The van der Waals surface area contributed by atoms with Crippen molar-refractivity contribution in [2.24, 2.45) is 0 Å². The molecular formula is C17H17F3N4O4. The van der Waals surface area contributed by atoms with Crippen LogP contribution in [0.4, 0.5) is 24.8 Å². The van der Waals surface area contributed by atoms with E-state index in [1.165, 1.54) is 4.90 Å². The highest BCUT2D eigenvalue weighted by molar-refractivity contribution is 6.04. The van der Waals surface area contributed by atoms with Gasteiger partial charge in [-0.2, -0.15) is 13.2 Å². The van der Waals surface area contributed by atoms with Crippen LogP contribution in [0, 0.1) is 6.92 Å². The maximum atomic E-state index is 13.2. The average Bonchev–Trinajstić information content (AvgIpc) is 2.55. The van der Waals surface area contributed by atoms with Gasteiger partial charge in [-0.15, -0.1) is 0 Å². The summed E-state index contributed by atoms with van der Waals surface area (Å²) in [5, 5.41) is 2.26. The van der Waals surface area contributed by atoms with Crippen LogP contribution in [0.25, 0.3) is 0 Å². The molecule has 1 aromatic heterocycles. The van der Waals surface area contributed by atoms with Crippen molar-refractivity contribution in [2.75, 3.05) is 24.3 Å². The fraction of sp³-hybridized carbons (Fsp3) is 0.294. The second-order valence-electron chi connectivity index (χ2n) is 6.01. The lowest BCUT2D eigenvalue weighted by atomic mass is 10.0. The summed E-state index contributed by atoms with van der Waals surface area (Å²) in [6.07, 6.45) is -4.68. The van der Waals surface area contributed by atoms with E-state index in [1.807, 2.05) is 0 Å². The van der Waals surface area contributed by atoms with Crippen LogP contribution >= 0.6 is 0 Å². The Balaban J connectivity index is 2.53. The van der Waals surface area contributed by atoms with Gasteiger partial charge in [0.2, 0.25) is 5.95 Å². The molecule has 0 unspecified atom stereocenters. The van der Waals surface area contributed by atoms with Crippen molar-refractivity contribution in [3.05, 3.63) is 45.4 Å². The molecule has 0 aliphatic heterocycles. The van der Waals surface area contributed by atoms with Gasteiger partial charge in [0.15, 0.2) is 5.75 Å². The van der Waals surface area contributed by atoms with E-state index in [4.69, 9.17) is 4.74 Å². The van der Waals surface area contributed by atoms with Crippen LogP contribution in [0.15, 0.2) is 23.0 Å². The molecule has 0 saturated heterocycles. The van der Waals surface area contributed by atoms with Gasteiger partial charge < -0.3 is 15.0 Å². The van der Waals surface area contributed by atoms with Crippen LogP contribution in [0.3, 0.4) is 0 Å². The number of rotatable bonds is 4. The number of aromatic amines is 1. The highest BCUT2D eigenvalue weighted by Gasteiger charge is 2.34. The standard InChI is InChI=1S/C17H17F3N4O4/c1-8-10(17(18,19)20)5-6-12(28-9(2)25)14(8)23-15(27)11-7-13(26)22-16(21-11)24(3)4/h5-7H,1-4H3,(H,23,27)(H,21,22,26). The third kappa shape index (κ3) is 4.67. The predicted octanol–water partition coefficient (Wildman–Crippen LogP) is 2.34. The minimum atomic E-state index is -4.68. The third-order valence-electron chi connectivity index (χ3n) is 3.61. The quantitative estimate of drug-likeness (QED) is 0.605. The van der Waals surface area contributed by atoms with Gasteiger partial charge >= 0.3 is 12.1 Å². The van der Waals surface area contributed by atoms with E-state index in [0.717, 1.165) is 32.0 Å². The van der Waals surface area contributed by atoms with Crippen LogP contribution < -0.4 is 20.5 Å². The maximum absolute atomic E-state index is 13.2. The summed E-state index contributed by atoms with van der Waals surface area (Å²) in [6, 6.07) is 2.58. The molecule has 0 atom stereocenters. The largest absolute Gasteiger partial charge is 0.424 e. The molecule has 0 radical (unpaired) electrons. The lowest BCUT2D eigenvalue weighted by molar-refractivity contribution is -0.138. The normalized spacial score (nSPS) is 11.1. The zero-order valence-corrected chi connectivity index (χ0v) is 15.4. The van der Waals surface area contributed by atoms with Crippen molar-refractivity contribution in [1.29, 1.82) is 0 Å². The number of alkyl halides is 3. The molecule has 0 bridgehead atoms. The van der Waals surface area contributed by atoms with Crippen LogP contribution in [-0.4, -0.2) is 35.9 Å². The number of hydrogen-bond donors (Lipinski definition) is 2. The summed E-state index contributed by atoms with van der Waals surface area (Å²) < 4.78 is 44.5. The fourth-order valence-electron chi connectivity index (χ4n) is 2.34. The fourth-order valence-corrected chi connectivity index (χ4v) is 2.34. The lowest BCUT2D eigenvalue weighted by Gasteiger charge is -2.18. The van der Waals surface area contributed by atoms with E-state index < -0.39 is 29.2 Å². The second-order valence-corrected chi connectivity index (χ2v) is 6.01. The summed E-state index contributed by atoms with van der Waals surface area (Å²) in [5.74, 6) is -1.90. The molecule has 11 heteroatoms. The molecule has 2 N–H and O–H groups in total. The highest BCUT2D eigenvalue weighted by atomic mass is 19.4. The van der Waals surface area contributed by atoms with Crippen molar-refractivity contribution in [3.8, 4) is 5.75 Å². The molecule has 1 heterocycles. The summed E-state index contributed by atoms with van der Waals surface area (Å²) in [6.45, 7) is 2.20. The van der Waals surface area contributed by atoms with Gasteiger partial charge in [0.1, 0.15) is 5.69 Å². The van der Waals surface area contributed by atoms with Gasteiger partial charge in [-0.1, -0.05) is 0 Å². The van der Waals surface area contributed by atoms with Gasteiger partial charge in [-0.05, 0) is 24.6 Å². The number of esters is 1. The number of carbonyl (C=O) groups excluding carboxylic acids is 2. The van der Waals surface area contributed by atoms with Crippen molar-refractivity contribution in [3.63, 3.8) is 0 Å². The molecule has 1 aromatic carbocycles. The van der Waals surface area contributed by atoms with Gasteiger partial charge in [0, 0.05) is 27.1 Å². The number of hydrogen-bond acceptors (Lipinski definition) is 6. The molecule has 0 saturated carbocycles. The number of amides is 1. The van der Waals surface area contributed by atoms with E-state index in [1.54, 1.807) is 14.1 Å². The number of halogens is 3. The van der Waals surface area contributed by atoms with Crippen LogP contribution in [-0.2, 0) is 11.0 Å². The Kier molecular flexibility index (Phi) is 5.76. The Bertz CT molecular complexity index is 983. The second kappa shape index (κ2) is 7.71. The molecule has 0 spiro atoms.